The normalized spacial score (nSPS) is 17.6. The number of rotatable bonds is 2. The Balaban J connectivity index is 2.03. The Morgan fingerprint density at radius 1 is 1.36 bits per heavy atom. The number of carbonyl (C=O) groups is 2. The second-order valence-electron chi connectivity index (χ2n) is 7.83. The Bertz CT molecular complexity index is 995. The molecular weight excluding hydrogens is 430 g/mol. The maximum atomic E-state index is 12.5. The van der Waals surface area contributed by atoms with Gasteiger partial charge < -0.3 is 19.3 Å². The van der Waals surface area contributed by atoms with E-state index in [9.17, 15) is 19.5 Å². The van der Waals surface area contributed by atoms with Crippen LogP contribution in [0.25, 0.3) is 11.0 Å². The predicted molar refractivity (Wildman–Crippen MR) is 107 cm³/mol. The van der Waals surface area contributed by atoms with Crippen molar-refractivity contribution in [3.63, 3.8) is 0 Å². The number of nitrogens with zero attached hydrogens (tertiary/aromatic N) is 3. The van der Waals surface area contributed by atoms with Crippen molar-refractivity contribution < 1.29 is 19.4 Å². The lowest BCUT2D eigenvalue weighted by atomic mass is 10.0. The standard InChI is InChI=1S/C19H22BrN3O5/c1-19(2,3)28-18(27)22-6-4-5-12(9-22)23-10-14(17(25)26)15(24)13-7-11(20)8-21-16(13)23/h7-8,10,12H,4-6,9H2,1-3H3,(H,25,26)/t12-/m0/s1. The zero-order chi connectivity index (χ0) is 20.6. The molecule has 2 aromatic rings. The lowest BCUT2D eigenvalue weighted by molar-refractivity contribution is 0.0173. The van der Waals surface area contributed by atoms with Crippen molar-refractivity contribution in [2.24, 2.45) is 0 Å². The number of fused-ring (bicyclic) bond motifs is 1. The first kappa shape index (κ1) is 20.3. The predicted octanol–water partition coefficient (Wildman–Crippen LogP) is 3.43. The number of aromatic nitrogens is 2. The van der Waals surface area contributed by atoms with Crippen molar-refractivity contribution in [3.8, 4) is 0 Å². The molecule has 150 valence electrons. The van der Waals surface area contributed by atoms with Crippen LogP contribution >= 0.6 is 15.9 Å². The van der Waals surface area contributed by atoms with Crippen LogP contribution in [0.1, 0.15) is 50.0 Å². The second-order valence-corrected chi connectivity index (χ2v) is 8.75. The van der Waals surface area contributed by atoms with Gasteiger partial charge in [-0.1, -0.05) is 0 Å². The number of carbonyl (C=O) groups excluding carboxylic acids is 1. The van der Waals surface area contributed by atoms with Gasteiger partial charge in [-0.05, 0) is 55.6 Å². The largest absolute Gasteiger partial charge is 0.477 e. The number of carboxylic acid groups (broad SMARTS) is 1. The van der Waals surface area contributed by atoms with Crippen LogP contribution in [0.5, 0.6) is 0 Å². The first-order valence-electron chi connectivity index (χ1n) is 8.98. The zero-order valence-electron chi connectivity index (χ0n) is 15.9. The molecule has 9 heteroatoms. The Morgan fingerprint density at radius 2 is 2.07 bits per heavy atom. The van der Waals surface area contributed by atoms with Gasteiger partial charge in [0.25, 0.3) is 0 Å². The van der Waals surface area contributed by atoms with Crippen LogP contribution in [-0.2, 0) is 4.74 Å². The van der Waals surface area contributed by atoms with E-state index in [0.717, 1.165) is 12.8 Å². The second kappa shape index (κ2) is 7.54. The van der Waals surface area contributed by atoms with Crippen molar-refractivity contribution in [1.82, 2.24) is 14.5 Å². The van der Waals surface area contributed by atoms with Crippen LogP contribution in [-0.4, -0.2) is 50.3 Å². The molecule has 8 nitrogen and oxygen atoms in total. The summed E-state index contributed by atoms with van der Waals surface area (Å²) in [5.41, 5.74) is -1.10. The fourth-order valence-electron chi connectivity index (χ4n) is 3.31. The van der Waals surface area contributed by atoms with Crippen LogP contribution < -0.4 is 5.43 Å². The van der Waals surface area contributed by atoms with E-state index in [4.69, 9.17) is 4.74 Å². The number of halogens is 1. The van der Waals surface area contributed by atoms with Gasteiger partial charge in [0, 0.05) is 30.0 Å². The first-order chi connectivity index (χ1) is 13.1. The fourth-order valence-corrected chi connectivity index (χ4v) is 3.64. The molecule has 0 unspecified atom stereocenters. The average Bonchev–Trinajstić information content (AvgIpc) is 2.61. The molecule has 0 bridgehead atoms. The van der Waals surface area contributed by atoms with E-state index in [1.807, 2.05) is 20.8 Å². The third kappa shape index (κ3) is 4.19. The number of piperidine rings is 1. The van der Waals surface area contributed by atoms with Gasteiger partial charge in [-0.15, -0.1) is 0 Å². The van der Waals surface area contributed by atoms with Crippen molar-refractivity contribution in [2.75, 3.05) is 13.1 Å². The molecular formula is C19H22BrN3O5. The van der Waals surface area contributed by atoms with E-state index in [1.165, 1.54) is 6.20 Å². The smallest absolute Gasteiger partial charge is 0.410 e. The van der Waals surface area contributed by atoms with Crippen molar-refractivity contribution in [2.45, 2.75) is 45.3 Å². The molecule has 0 radical (unpaired) electrons. The van der Waals surface area contributed by atoms with Crippen molar-refractivity contribution in [3.05, 3.63) is 38.7 Å². The Morgan fingerprint density at radius 3 is 2.71 bits per heavy atom. The van der Waals surface area contributed by atoms with E-state index in [0.29, 0.717) is 23.2 Å². The van der Waals surface area contributed by atoms with Crippen molar-refractivity contribution in [1.29, 1.82) is 0 Å². The number of aromatic carboxylic acids is 1. The van der Waals surface area contributed by atoms with Gasteiger partial charge in [-0.2, -0.15) is 0 Å². The third-order valence-electron chi connectivity index (χ3n) is 4.51. The molecule has 0 aliphatic carbocycles. The molecule has 1 aliphatic rings. The number of amides is 1. The molecule has 1 fully saturated rings. The summed E-state index contributed by atoms with van der Waals surface area (Å²) in [6, 6.07) is 1.36. The summed E-state index contributed by atoms with van der Waals surface area (Å²) in [5, 5.41) is 9.68. The van der Waals surface area contributed by atoms with E-state index in [1.54, 1.807) is 21.7 Å². The van der Waals surface area contributed by atoms with Crippen molar-refractivity contribution >= 4 is 39.0 Å². The Labute approximate surface area is 170 Å². The summed E-state index contributed by atoms with van der Waals surface area (Å²) in [4.78, 5) is 42.5. The van der Waals surface area contributed by atoms with Gasteiger partial charge in [-0.3, -0.25) is 4.79 Å². The molecule has 0 spiro atoms. The molecule has 1 aliphatic heterocycles. The topological polar surface area (TPSA) is 102 Å². The Kier molecular flexibility index (Phi) is 5.47. The minimum atomic E-state index is -1.29. The molecule has 3 rings (SSSR count). The summed E-state index contributed by atoms with van der Waals surface area (Å²) in [5.74, 6) is -1.29. The van der Waals surface area contributed by atoms with Crippen LogP contribution in [0.3, 0.4) is 0 Å². The maximum absolute atomic E-state index is 12.5. The van der Waals surface area contributed by atoms with Crippen LogP contribution in [0, 0.1) is 0 Å². The highest BCUT2D eigenvalue weighted by atomic mass is 79.9. The minimum Gasteiger partial charge on any atom is -0.477 e. The monoisotopic (exact) mass is 451 g/mol. The molecule has 1 saturated heterocycles. The molecule has 28 heavy (non-hydrogen) atoms. The summed E-state index contributed by atoms with van der Waals surface area (Å²) >= 11 is 3.28. The SMILES string of the molecule is CC(C)(C)OC(=O)N1CCC[C@H](n2cc(C(=O)O)c(=O)c3cc(Br)cnc32)C1. The van der Waals surface area contributed by atoms with E-state index < -0.39 is 23.1 Å². The fraction of sp³-hybridized carbons (Fsp3) is 0.474. The average molecular weight is 452 g/mol. The van der Waals surface area contributed by atoms with E-state index in [-0.39, 0.29) is 17.0 Å². The summed E-state index contributed by atoms with van der Waals surface area (Å²) in [6.07, 6.45) is 3.95. The minimum absolute atomic E-state index is 0.212. The summed E-state index contributed by atoms with van der Waals surface area (Å²) in [7, 11) is 0. The lowest BCUT2D eigenvalue weighted by Gasteiger charge is -2.35. The van der Waals surface area contributed by atoms with Gasteiger partial charge in [0.2, 0.25) is 5.43 Å². The highest BCUT2D eigenvalue weighted by Crippen LogP contribution is 2.26. The first-order valence-corrected chi connectivity index (χ1v) is 9.78. The van der Waals surface area contributed by atoms with Gasteiger partial charge in [0.1, 0.15) is 16.8 Å². The number of likely N-dealkylation sites (tertiary alicyclic amines) is 1. The molecule has 1 amide bonds. The van der Waals surface area contributed by atoms with Crippen LogP contribution in [0.4, 0.5) is 4.79 Å². The molecule has 1 N–H and O–H groups in total. The third-order valence-corrected chi connectivity index (χ3v) is 4.94. The molecule has 0 aromatic carbocycles. The quantitative estimate of drug-likeness (QED) is 0.749. The summed E-state index contributed by atoms with van der Waals surface area (Å²) in [6.45, 7) is 6.34. The number of hydrogen-bond donors (Lipinski definition) is 1. The highest BCUT2D eigenvalue weighted by Gasteiger charge is 2.30. The number of pyridine rings is 2. The Hall–Kier alpha value is -2.42. The van der Waals surface area contributed by atoms with Crippen LogP contribution in [0.2, 0.25) is 0 Å². The van der Waals surface area contributed by atoms with E-state index in [2.05, 4.69) is 20.9 Å². The van der Waals surface area contributed by atoms with Gasteiger partial charge >= 0.3 is 12.1 Å². The molecule has 2 aromatic heterocycles. The van der Waals surface area contributed by atoms with Gasteiger partial charge in [0.15, 0.2) is 0 Å². The van der Waals surface area contributed by atoms with E-state index >= 15 is 0 Å². The zero-order valence-corrected chi connectivity index (χ0v) is 17.5. The molecule has 1 atom stereocenters. The van der Waals surface area contributed by atoms with Crippen LogP contribution in [0.15, 0.2) is 27.7 Å². The molecule has 0 saturated carbocycles. The van der Waals surface area contributed by atoms with Gasteiger partial charge in [0.05, 0.1) is 11.4 Å². The highest BCUT2D eigenvalue weighted by molar-refractivity contribution is 9.10. The maximum Gasteiger partial charge on any atom is 0.410 e. The number of ether oxygens (including phenoxy) is 1. The number of carboxylic acids is 1. The lowest BCUT2D eigenvalue weighted by Crippen LogP contribution is -2.43. The van der Waals surface area contributed by atoms with Gasteiger partial charge in [-0.25, -0.2) is 14.6 Å². The molecule has 3 heterocycles. The summed E-state index contributed by atoms with van der Waals surface area (Å²) < 4.78 is 7.74. The number of hydrogen-bond acceptors (Lipinski definition) is 5.